The Hall–Kier alpha value is -0.0800. The Labute approximate surface area is 119 Å². The maximum atomic E-state index is 5.83. The zero-order chi connectivity index (χ0) is 13.5. The van der Waals surface area contributed by atoms with E-state index in [9.17, 15) is 0 Å². The molecule has 2 heteroatoms. The van der Waals surface area contributed by atoms with E-state index in [2.05, 4.69) is 19.2 Å². The third kappa shape index (κ3) is 6.27. The SMILES string of the molecule is CC(C)CCOCCC(CNC1CC1)C1CCCC1. The van der Waals surface area contributed by atoms with E-state index >= 15 is 0 Å². The van der Waals surface area contributed by atoms with Gasteiger partial charge in [-0.15, -0.1) is 0 Å². The maximum absolute atomic E-state index is 5.83. The fourth-order valence-corrected chi connectivity index (χ4v) is 3.19. The van der Waals surface area contributed by atoms with Crippen LogP contribution in [-0.4, -0.2) is 25.8 Å². The van der Waals surface area contributed by atoms with Crippen molar-refractivity contribution in [1.29, 1.82) is 0 Å². The molecule has 1 unspecified atom stereocenters. The van der Waals surface area contributed by atoms with Crippen LogP contribution in [0.3, 0.4) is 0 Å². The van der Waals surface area contributed by atoms with Crippen molar-refractivity contribution in [2.45, 2.75) is 71.3 Å². The highest BCUT2D eigenvalue weighted by molar-refractivity contribution is 4.84. The molecule has 0 bridgehead atoms. The summed E-state index contributed by atoms with van der Waals surface area (Å²) < 4.78 is 5.83. The second kappa shape index (κ2) is 8.26. The summed E-state index contributed by atoms with van der Waals surface area (Å²) in [5, 5.41) is 3.74. The first-order chi connectivity index (χ1) is 9.25. The van der Waals surface area contributed by atoms with E-state index in [1.54, 1.807) is 0 Å². The number of hydrogen-bond acceptors (Lipinski definition) is 2. The topological polar surface area (TPSA) is 21.3 Å². The number of hydrogen-bond donors (Lipinski definition) is 1. The van der Waals surface area contributed by atoms with Crippen LogP contribution in [-0.2, 0) is 4.74 Å². The molecule has 0 aromatic carbocycles. The summed E-state index contributed by atoms with van der Waals surface area (Å²) in [6.07, 6.45) is 11.1. The first kappa shape index (κ1) is 15.3. The Morgan fingerprint density at radius 1 is 1.00 bits per heavy atom. The van der Waals surface area contributed by atoms with Crippen molar-refractivity contribution in [3.8, 4) is 0 Å². The monoisotopic (exact) mass is 267 g/mol. The molecular weight excluding hydrogens is 234 g/mol. The van der Waals surface area contributed by atoms with Crippen LogP contribution < -0.4 is 5.32 Å². The van der Waals surface area contributed by atoms with Gasteiger partial charge in [-0.1, -0.05) is 39.5 Å². The van der Waals surface area contributed by atoms with Gasteiger partial charge in [0.15, 0.2) is 0 Å². The normalized spacial score (nSPS) is 22.3. The number of nitrogens with one attached hydrogen (secondary N) is 1. The van der Waals surface area contributed by atoms with Crippen LogP contribution in [0, 0.1) is 17.8 Å². The van der Waals surface area contributed by atoms with Gasteiger partial charge in [0.1, 0.15) is 0 Å². The van der Waals surface area contributed by atoms with E-state index in [-0.39, 0.29) is 0 Å². The minimum Gasteiger partial charge on any atom is -0.381 e. The zero-order valence-corrected chi connectivity index (χ0v) is 13.0. The van der Waals surface area contributed by atoms with E-state index in [0.717, 1.165) is 37.0 Å². The first-order valence-corrected chi connectivity index (χ1v) is 8.57. The molecule has 2 aliphatic carbocycles. The lowest BCUT2D eigenvalue weighted by molar-refractivity contribution is 0.101. The van der Waals surface area contributed by atoms with Crippen LogP contribution in [0.25, 0.3) is 0 Å². The zero-order valence-electron chi connectivity index (χ0n) is 13.0. The molecule has 0 aliphatic heterocycles. The lowest BCUT2D eigenvalue weighted by Crippen LogP contribution is -2.29. The Balaban J connectivity index is 1.60. The average Bonchev–Trinajstić information content (AvgIpc) is 3.05. The van der Waals surface area contributed by atoms with Crippen molar-refractivity contribution >= 4 is 0 Å². The summed E-state index contributed by atoms with van der Waals surface area (Å²) >= 11 is 0. The van der Waals surface area contributed by atoms with Crippen molar-refractivity contribution in [3.05, 3.63) is 0 Å². The lowest BCUT2D eigenvalue weighted by Gasteiger charge is -2.24. The predicted octanol–water partition coefficient (Wildman–Crippen LogP) is 4.00. The van der Waals surface area contributed by atoms with Gasteiger partial charge in [-0.2, -0.15) is 0 Å². The fraction of sp³-hybridized carbons (Fsp3) is 1.00. The van der Waals surface area contributed by atoms with Crippen LogP contribution in [0.4, 0.5) is 0 Å². The third-order valence-electron chi connectivity index (χ3n) is 4.79. The summed E-state index contributed by atoms with van der Waals surface area (Å²) in [5.41, 5.74) is 0. The van der Waals surface area contributed by atoms with Gasteiger partial charge in [-0.25, -0.2) is 0 Å². The molecule has 19 heavy (non-hydrogen) atoms. The molecule has 112 valence electrons. The highest BCUT2D eigenvalue weighted by Gasteiger charge is 2.27. The molecule has 2 saturated carbocycles. The standard InChI is InChI=1S/C17H33NO/c1-14(2)9-11-19-12-10-16(13-18-17-7-8-17)15-5-3-4-6-15/h14-18H,3-13H2,1-2H3. The smallest absolute Gasteiger partial charge is 0.0469 e. The van der Waals surface area contributed by atoms with Crippen molar-refractivity contribution in [2.24, 2.45) is 17.8 Å². The Morgan fingerprint density at radius 2 is 1.68 bits per heavy atom. The van der Waals surface area contributed by atoms with Gasteiger partial charge in [0.2, 0.25) is 0 Å². The number of rotatable bonds is 10. The Bertz CT molecular complexity index is 231. The highest BCUT2D eigenvalue weighted by Crippen LogP contribution is 2.33. The largest absolute Gasteiger partial charge is 0.381 e. The Kier molecular flexibility index (Phi) is 6.66. The molecule has 0 spiro atoms. The average molecular weight is 267 g/mol. The molecule has 0 saturated heterocycles. The van der Waals surface area contributed by atoms with Crippen LogP contribution in [0.15, 0.2) is 0 Å². The van der Waals surface area contributed by atoms with E-state index in [4.69, 9.17) is 4.74 Å². The minimum absolute atomic E-state index is 0.766. The molecule has 2 nitrogen and oxygen atoms in total. The molecule has 1 atom stereocenters. The molecule has 1 N–H and O–H groups in total. The molecule has 2 aliphatic rings. The van der Waals surface area contributed by atoms with Gasteiger partial charge in [0.05, 0.1) is 0 Å². The maximum Gasteiger partial charge on any atom is 0.0469 e. The summed E-state index contributed by atoms with van der Waals surface area (Å²) in [6, 6.07) is 0.853. The molecule has 2 rings (SSSR count). The molecule has 0 heterocycles. The summed E-state index contributed by atoms with van der Waals surface area (Å²) in [6.45, 7) is 7.70. The van der Waals surface area contributed by atoms with Gasteiger partial charge < -0.3 is 10.1 Å². The second-order valence-corrected chi connectivity index (χ2v) is 7.07. The van der Waals surface area contributed by atoms with Crippen LogP contribution in [0.1, 0.15) is 65.2 Å². The summed E-state index contributed by atoms with van der Waals surface area (Å²) in [5.74, 6) is 2.60. The first-order valence-electron chi connectivity index (χ1n) is 8.57. The van der Waals surface area contributed by atoms with E-state index < -0.39 is 0 Å². The summed E-state index contributed by atoms with van der Waals surface area (Å²) in [7, 11) is 0. The van der Waals surface area contributed by atoms with Crippen LogP contribution in [0.5, 0.6) is 0 Å². The van der Waals surface area contributed by atoms with Crippen molar-refractivity contribution in [2.75, 3.05) is 19.8 Å². The van der Waals surface area contributed by atoms with Crippen LogP contribution in [0.2, 0.25) is 0 Å². The predicted molar refractivity (Wildman–Crippen MR) is 81.4 cm³/mol. The highest BCUT2D eigenvalue weighted by atomic mass is 16.5. The minimum atomic E-state index is 0.766. The second-order valence-electron chi connectivity index (χ2n) is 7.07. The Morgan fingerprint density at radius 3 is 2.32 bits per heavy atom. The van der Waals surface area contributed by atoms with Crippen LogP contribution >= 0.6 is 0 Å². The van der Waals surface area contributed by atoms with E-state index in [1.807, 2.05) is 0 Å². The van der Waals surface area contributed by atoms with Gasteiger partial charge in [0, 0.05) is 19.3 Å². The van der Waals surface area contributed by atoms with Gasteiger partial charge >= 0.3 is 0 Å². The summed E-state index contributed by atoms with van der Waals surface area (Å²) in [4.78, 5) is 0. The molecular formula is C17H33NO. The van der Waals surface area contributed by atoms with Gasteiger partial charge in [-0.05, 0) is 50.0 Å². The quantitative estimate of drug-likeness (QED) is 0.604. The van der Waals surface area contributed by atoms with Gasteiger partial charge in [0.25, 0.3) is 0 Å². The molecule has 0 aromatic rings. The molecule has 0 aromatic heterocycles. The van der Waals surface area contributed by atoms with E-state index in [1.165, 1.54) is 57.9 Å². The van der Waals surface area contributed by atoms with E-state index in [0.29, 0.717) is 0 Å². The van der Waals surface area contributed by atoms with Gasteiger partial charge in [-0.3, -0.25) is 0 Å². The third-order valence-corrected chi connectivity index (χ3v) is 4.79. The number of ether oxygens (including phenoxy) is 1. The molecule has 2 fully saturated rings. The van der Waals surface area contributed by atoms with Crippen molar-refractivity contribution in [3.63, 3.8) is 0 Å². The lowest BCUT2D eigenvalue weighted by atomic mass is 9.88. The molecule has 0 radical (unpaired) electrons. The van der Waals surface area contributed by atoms with Crippen molar-refractivity contribution < 1.29 is 4.74 Å². The molecule has 0 amide bonds. The van der Waals surface area contributed by atoms with Crippen molar-refractivity contribution in [1.82, 2.24) is 5.32 Å². The fourth-order valence-electron chi connectivity index (χ4n) is 3.19.